The fourth-order valence-electron chi connectivity index (χ4n) is 5.59. The minimum atomic E-state index is -1.05. The second kappa shape index (κ2) is 14.4. The van der Waals surface area contributed by atoms with Gasteiger partial charge in [-0.2, -0.15) is 0 Å². The third-order valence-corrected chi connectivity index (χ3v) is 10.0. The summed E-state index contributed by atoms with van der Waals surface area (Å²) in [6, 6.07) is 28.8. The Hall–Kier alpha value is -5.33. The molecule has 1 saturated heterocycles. The summed E-state index contributed by atoms with van der Waals surface area (Å²) >= 11 is 2.68. The van der Waals surface area contributed by atoms with E-state index in [-0.39, 0.29) is 16.5 Å². The van der Waals surface area contributed by atoms with Gasteiger partial charge in [0, 0.05) is 11.3 Å². The number of ether oxygens (including phenoxy) is 4. The molecule has 0 bridgehead atoms. The third-order valence-electron chi connectivity index (χ3n) is 7.89. The van der Waals surface area contributed by atoms with E-state index in [4.69, 9.17) is 18.9 Å². The van der Waals surface area contributed by atoms with Gasteiger partial charge in [-0.1, -0.05) is 89.8 Å². The Balaban J connectivity index is 1.28. The predicted octanol–water partition coefficient (Wildman–Crippen LogP) is 7.21. The Labute approximate surface area is 290 Å². The molecule has 0 unspecified atom stereocenters. The van der Waals surface area contributed by atoms with Crippen molar-refractivity contribution in [2.24, 2.45) is 0 Å². The fourth-order valence-corrected chi connectivity index (χ4v) is 7.41. The number of carbonyl (C=O) groups excluding carboxylic acids is 2. The van der Waals surface area contributed by atoms with Gasteiger partial charge in [-0.3, -0.25) is 14.5 Å². The number of benzene rings is 4. The van der Waals surface area contributed by atoms with Crippen LogP contribution in [0.25, 0.3) is 5.76 Å². The van der Waals surface area contributed by atoms with Gasteiger partial charge < -0.3 is 24.1 Å². The normalized spacial score (nSPS) is 16.5. The van der Waals surface area contributed by atoms with Crippen LogP contribution in [0.2, 0.25) is 0 Å². The summed E-state index contributed by atoms with van der Waals surface area (Å²) in [5, 5.41) is 20.6. The van der Waals surface area contributed by atoms with E-state index in [1.165, 1.54) is 28.0 Å². The van der Waals surface area contributed by atoms with Gasteiger partial charge in [-0.15, -0.1) is 10.2 Å². The van der Waals surface area contributed by atoms with Gasteiger partial charge >= 0.3 is 5.91 Å². The van der Waals surface area contributed by atoms with Gasteiger partial charge in [0.1, 0.15) is 25.6 Å². The fraction of sp³-hybridized carbons (Fsp3) is 0.189. The van der Waals surface area contributed by atoms with Gasteiger partial charge in [-0.25, -0.2) is 0 Å². The van der Waals surface area contributed by atoms with E-state index in [9.17, 15) is 14.7 Å². The van der Waals surface area contributed by atoms with Crippen molar-refractivity contribution in [1.29, 1.82) is 0 Å². The molecule has 4 aromatic carbocycles. The number of Topliss-reactive ketones (excluding diaryl/α,β-unsaturated/α-hetero) is 1. The molecule has 1 fully saturated rings. The zero-order valence-electron chi connectivity index (χ0n) is 26.4. The van der Waals surface area contributed by atoms with Crippen LogP contribution in [0.4, 0.5) is 5.13 Å². The largest absolute Gasteiger partial charge is 0.507 e. The SMILES string of the molecule is CCOc1cc([C@H]2/C(=C(\O)c3ccc4c(c3)OCCO4)C(=O)C(=O)N2c2nnc(SCc3ccccc3)s2)ccc1OCc1ccccc1. The first-order valence-corrected chi connectivity index (χ1v) is 17.4. The van der Waals surface area contributed by atoms with Crippen LogP contribution in [0.5, 0.6) is 23.0 Å². The molecule has 7 rings (SSSR count). The number of fused-ring (bicyclic) bond motifs is 1. The van der Waals surface area contributed by atoms with Crippen LogP contribution in [-0.4, -0.2) is 46.8 Å². The maximum absolute atomic E-state index is 13.9. The number of carbonyl (C=O) groups is 2. The highest BCUT2D eigenvalue weighted by Gasteiger charge is 2.48. The van der Waals surface area contributed by atoms with Crippen LogP contribution in [0.1, 0.15) is 35.2 Å². The van der Waals surface area contributed by atoms with Crippen molar-refractivity contribution >= 4 is 45.7 Å². The molecule has 2 aliphatic rings. The van der Waals surface area contributed by atoms with Crippen LogP contribution in [0, 0.1) is 0 Å². The summed E-state index contributed by atoms with van der Waals surface area (Å²) in [5.74, 6) is 0.504. The predicted molar refractivity (Wildman–Crippen MR) is 187 cm³/mol. The van der Waals surface area contributed by atoms with Crippen molar-refractivity contribution in [2.75, 3.05) is 24.7 Å². The maximum atomic E-state index is 13.9. The van der Waals surface area contributed by atoms with Crippen LogP contribution < -0.4 is 23.8 Å². The standard InChI is InChI=1S/C37H31N3O7S2/c1-2-44-29-19-25(13-15-28(29)47-21-23-9-5-3-6-10-23)32-31(33(41)26-14-16-27-30(20-26)46-18-17-45-27)34(42)35(43)40(32)36-38-39-37(49-36)48-22-24-11-7-4-8-12-24/h3-16,19-20,32,41H,2,17-18,21-22H2,1H3/b33-31+/t32-/m0/s1. The molecule has 49 heavy (non-hydrogen) atoms. The van der Waals surface area contributed by atoms with Crippen molar-refractivity contribution in [3.05, 3.63) is 125 Å². The van der Waals surface area contributed by atoms with Crippen molar-refractivity contribution < 1.29 is 33.6 Å². The lowest BCUT2D eigenvalue weighted by atomic mass is 9.95. The number of ketones is 1. The molecule has 12 heteroatoms. The van der Waals surface area contributed by atoms with Crippen LogP contribution >= 0.6 is 23.1 Å². The number of hydrogen-bond donors (Lipinski definition) is 1. The van der Waals surface area contributed by atoms with E-state index in [0.717, 1.165) is 11.1 Å². The number of nitrogens with zero attached hydrogens (tertiary/aromatic N) is 3. The summed E-state index contributed by atoms with van der Waals surface area (Å²) in [4.78, 5) is 29.0. The Morgan fingerprint density at radius 2 is 1.61 bits per heavy atom. The molecule has 1 atom stereocenters. The van der Waals surface area contributed by atoms with E-state index >= 15 is 0 Å². The third kappa shape index (κ3) is 6.83. The van der Waals surface area contributed by atoms with Gasteiger partial charge in [-0.05, 0) is 53.9 Å². The Morgan fingerprint density at radius 3 is 2.37 bits per heavy atom. The first kappa shape index (κ1) is 32.2. The maximum Gasteiger partial charge on any atom is 0.301 e. The summed E-state index contributed by atoms with van der Waals surface area (Å²) in [5.41, 5.74) is 2.82. The van der Waals surface area contributed by atoms with Gasteiger partial charge in [0.25, 0.3) is 5.78 Å². The first-order chi connectivity index (χ1) is 24.0. The minimum Gasteiger partial charge on any atom is -0.507 e. The molecular formula is C37H31N3O7S2. The molecule has 10 nitrogen and oxygen atoms in total. The molecule has 248 valence electrons. The zero-order valence-corrected chi connectivity index (χ0v) is 28.0. The average Bonchev–Trinajstić information content (AvgIpc) is 3.72. The molecule has 1 amide bonds. The van der Waals surface area contributed by atoms with E-state index in [1.54, 1.807) is 36.4 Å². The highest BCUT2D eigenvalue weighted by molar-refractivity contribution is 8.00. The number of aliphatic hydroxyl groups is 1. The molecule has 0 spiro atoms. The lowest BCUT2D eigenvalue weighted by Crippen LogP contribution is -2.29. The Kier molecular flexibility index (Phi) is 9.49. The van der Waals surface area contributed by atoms with Crippen LogP contribution in [-0.2, 0) is 21.9 Å². The average molecular weight is 694 g/mol. The molecule has 3 heterocycles. The topological polar surface area (TPSA) is 120 Å². The van der Waals surface area contributed by atoms with Crippen molar-refractivity contribution in [3.8, 4) is 23.0 Å². The number of anilines is 1. The molecule has 1 N–H and O–H groups in total. The molecule has 0 saturated carbocycles. The summed E-state index contributed by atoms with van der Waals surface area (Å²) in [6.45, 7) is 3.28. The number of rotatable bonds is 11. The summed E-state index contributed by atoms with van der Waals surface area (Å²) in [6.07, 6.45) is 0. The smallest absolute Gasteiger partial charge is 0.301 e. The lowest BCUT2D eigenvalue weighted by Gasteiger charge is -2.24. The van der Waals surface area contributed by atoms with Crippen molar-refractivity contribution in [2.45, 2.75) is 29.7 Å². The van der Waals surface area contributed by atoms with E-state index < -0.39 is 17.7 Å². The molecule has 5 aromatic rings. The Bertz CT molecular complexity index is 2020. The molecular weight excluding hydrogens is 663 g/mol. The minimum absolute atomic E-state index is 0.101. The first-order valence-electron chi connectivity index (χ1n) is 15.6. The molecule has 0 aliphatic carbocycles. The number of amides is 1. The quantitative estimate of drug-likeness (QED) is 0.0500. The number of hydrogen-bond acceptors (Lipinski definition) is 11. The Morgan fingerprint density at radius 1 is 0.878 bits per heavy atom. The number of aromatic nitrogens is 2. The monoisotopic (exact) mass is 693 g/mol. The van der Waals surface area contributed by atoms with Crippen molar-refractivity contribution in [1.82, 2.24) is 10.2 Å². The molecule has 1 aromatic heterocycles. The van der Waals surface area contributed by atoms with Crippen LogP contribution in [0.15, 0.2) is 107 Å². The second-order valence-corrected chi connectivity index (χ2v) is 13.2. The summed E-state index contributed by atoms with van der Waals surface area (Å²) in [7, 11) is 0. The zero-order chi connectivity index (χ0) is 33.7. The second-order valence-electron chi connectivity index (χ2n) is 11.1. The highest BCUT2D eigenvalue weighted by Crippen LogP contribution is 2.46. The van der Waals surface area contributed by atoms with Crippen LogP contribution in [0.3, 0.4) is 0 Å². The number of thioether (sulfide) groups is 1. The van der Waals surface area contributed by atoms with E-state index in [0.29, 0.717) is 70.6 Å². The number of aliphatic hydroxyl groups excluding tert-OH is 1. The van der Waals surface area contributed by atoms with Gasteiger partial charge in [0.15, 0.2) is 27.3 Å². The summed E-state index contributed by atoms with van der Waals surface area (Å²) < 4.78 is 24.1. The highest BCUT2D eigenvalue weighted by atomic mass is 32.2. The van der Waals surface area contributed by atoms with Gasteiger partial charge in [0.2, 0.25) is 5.13 Å². The lowest BCUT2D eigenvalue weighted by molar-refractivity contribution is -0.132. The van der Waals surface area contributed by atoms with Gasteiger partial charge in [0.05, 0.1) is 18.2 Å². The van der Waals surface area contributed by atoms with E-state index in [2.05, 4.69) is 10.2 Å². The molecule has 0 radical (unpaired) electrons. The van der Waals surface area contributed by atoms with E-state index in [1.807, 2.05) is 67.6 Å². The molecule has 2 aliphatic heterocycles. The van der Waals surface area contributed by atoms with Crippen molar-refractivity contribution in [3.63, 3.8) is 0 Å².